The van der Waals surface area contributed by atoms with Crippen LogP contribution in [0.2, 0.25) is 0 Å². The van der Waals surface area contributed by atoms with Crippen molar-refractivity contribution in [3.05, 3.63) is 35.9 Å². The summed E-state index contributed by atoms with van der Waals surface area (Å²) in [5.41, 5.74) is 0.890. The van der Waals surface area contributed by atoms with Gasteiger partial charge in [0.1, 0.15) is 12.6 Å². The minimum absolute atomic E-state index is 0.0770. The maximum Gasteiger partial charge on any atom is 0.408 e. The number of aliphatic hydroxyl groups is 1. The summed E-state index contributed by atoms with van der Waals surface area (Å²) in [4.78, 5) is 26.9. The number of aliphatic hydroxyl groups excluding tert-OH is 1. The Morgan fingerprint density at radius 3 is 2.62 bits per heavy atom. The lowest BCUT2D eigenvalue weighted by atomic mass is 10.0. The number of hydrogen-bond donors (Lipinski definition) is 2. The predicted molar refractivity (Wildman–Crippen MR) is 99.4 cm³/mol. The topological polar surface area (TPSA) is 78.9 Å². The Hall–Kier alpha value is -2.08. The fourth-order valence-electron chi connectivity index (χ4n) is 3.32. The molecule has 0 bridgehead atoms. The molecule has 2 rings (SSSR count). The number of amides is 2. The van der Waals surface area contributed by atoms with E-state index in [0.717, 1.165) is 18.4 Å². The molecule has 1 aromatic carbocycles. The zero-order valence-electron chi connectivity index (χ0n) is 15.9. The number of carbonyl (C=O) groups excluding carboxylic acids is 2. The van der Waals surface area contributed by atoms with Crippen LogP contribution in [0.4, 0.5) is 4.79 Å². The summed E-state index contributed by atoms with van der Waals surface area (Å²) in [6.45, 7) is 6.46. The predicted octanol–water partition coefficient (Wildman–Crippen LogP) is 2.70. The number of benzene rings is 1. The van der Waals surface area contributed by atoms with Crippen LogP contribution >= 0.6 is 0 Å². The molecule has 6 nitrogen and oxygen atoms in total. The SMILES string of the molecule is CC[C@H](O)C1CCCN1C(=O)[C@H](NC(=O)OCc1ccccc1)C(C)C. The van der Waals surface area contributed by atoms with Gasteiger partial charge in [0.2, 0.25) is 5.91 Å². The standard InChI is InChI=1S/C20H30N2O4/c1-4-17(23)16-11-8-12-22(16)19(24)18(14(2)3)21-20(25)26-13-15-9-6-5-7-10-15/h5-7,9-10,14,16-18,23H,4,8,11-13H2,1-3H3,(H,21,25)/t16?,17-,18+/m0/s1. The van der Waals surface area contributed by atoms with Crippen molar-refractivity contribution in [3.8, 4) is 0 Å². The van der Waals surface area contributed by atoms with Crippen molar-refractivity contribution >= 4 is 12.0 Å². The van der Waals surface area contributed by atoms with Crippen LogP contribution in [0.15, 0.2) is 30.3 Å². The second-order valence-electron chi connectivity index (χ2n) is 7.14. The maximum atomic E-state index is 13.0. The van der Waals surface area contributed by atoms with Crippen LogP contribution in [0.25, 0.3) is 0 Å². The first kappa shape index (κ1) is 20.2. The van der Waals surface area contributed by atoms with Gasteiger partial charge in [-0.25, -0.2) is 4.79 Å². The van der Waals surface area contributed by atoms with Gasteiger partial charge in [0.15, 0.2) is 0 Å². The number of hydrogen-bond acceptors (Lipinski definition) is 4. The molecule has 1 unspecified atom stereocenters. The fourth-order valence-corrected chi connectivity index (χ4v) is 3.32. The Balaban J connectivity index is 1.96. The fraction of sp³-hybridized carbons (Fsp3) is 0.600. The average Bonchev–Trinajstić information content (AvgIpc) is 3.13. The monoisotopic (exact) mass is 362 g/mol. The largest absolute Gasteiger partial charge is 0.445 e. The van der Waals surface area contributed by atoms with Crippen LogP contribution in [-0.2, 0) is 16.1 Å². The first-order valence-electron chi connectivity index (χ1n) is 9.39. The van der Waals surface area contributed by atoms with Crippen LogP contribution in [-0.4, -0.2) is 46.7 Å². The van der Waals surface area contributed by atoms with Crippen LogP contribution in [0.5, 0.6) is 0 Å². The molecule has 0 aromatic heterocycles. The lowest BCUT2D eigenvalue weighted by Crippen LogP contribution is -2.54. The summed E-state index contributed by atoms with van der Waals surface area (Å²) in [5, 5.41) is 12.9. The highest BCUT2D eigenvalue weighted by atomic mass is 16.5. The molecule has 0 aliphatic carbocycles. The number of nitrogens with one attached hydrogen (secondary N) is 1. The van der Waals surface area contributed by atoms with E-state index in [-0.39, 0.29) is 24.5 Å². The molecule has 2 N–H and O–H groups in total. The third kappa shape index (κ3) is 5.21. The first-order valence-corrected chi connectivity index (χ1v) is 9.39. The van der Waals surface area contributed by atoms with Gasteiger partial charge in [0.25, 0.3) is 0 Å². The lowest BCUT2D eigenvalue weighted by molar-refractivity contribution is -0.137. The van der Waals surface area contributed by atoms with Crippen molar-refractivity contribution in [2.75, 3.05) is 6.54 Å². The molecular weight excluding hydrogens is 332 g/mol. The van der Waals surface area contributed by atoms with Gasteiger partial charge in [-0.15, -0.1) is 0 Å². The van der Waals surface area contributed by atoms with Gasteiger partial charge >= 0.3 is 6.09 Å². The first-order chi connectivity index (χ1) is 12.4. The zero-order chi connectivity index (χ0) is 19.1. The molecule has 26 heavy (non-hydrogen) atoms. The molecule has 1 saturated heterocycles. The summed E-state index contributed by atoms with van der Waals surface area (Å²) < 4.78 is 5.25. The van der Waals surface area contributed by atoms with Crippen LogP contribution < -0.4 is 5.32 Å². The minimum atomic E-state index is -0.664. The van der Waals surface area contributed by atoms with E-state index in [1.165, 1.54) is 0 Å². The van der Waals surface area contributed by atoms with E-state index in [1.54, 1.807) is 4.90 Å². The summed E-state index contributed by atoms with van der Waals surface area (Å²) in [6, 6.07) is 8.57. The highest BCUT2D eigenvalue weighted by molar-refractivity contribution is 5.86. The molecule has 1 heterocycles. The molecule has 2 amide bonds. The maximum absolute atomic E-state index is 13.0. The zero-order valence-corrected chi connectivity index (χ0v) is 15.9. The van der Waals surface area contributed by atoms with Crippen molar-refractivity contribution in [1.29, 1.82) is 0 Å². The number of nitrogens with zero attached hydrogens (tertiary/aromatic N) is 1. The van der Waals surface area contributed by atoms with E-state index in [4.69, 9.17) is 4.74 Å². The van der Waals surface area contributed by atoms with Gasteiger partial charge < -0.3 is 20.1 Å². The van der Waals surface area contributed by atoms with Crippen molar-refractivity contribution in [2.24, 2.45) is 5.92 Å². The number of ether oxygens (including phenoxy) is 1. The van der Waals surface area contributed by atoms with Gasteiger partial charge in [0, 0.05) is 6.54 Å². The Kier molecular flexibility index (Phi) is 7.45. The highest BCUT2D eigenvalue weighted by Crippen LogP contribution is 2.24. The van der Waals surface area contributed by atoms with E-state index in [9.17, 15) is 14.7 Å². The Morgan fingerprint density at radius 1 is 1.31 bits per heavy atom. The van der Waals surface area contributed by atoms with Crippen LogP contribution in [0.1, 0.15) is 45.6 Å². The van der Waals surface area contributed by atoms with E-state index in [0.29, 0.717) is 13.0 Å². The molecule has 1 fully saturated rings. The molecule has 1 aliphatic rings. The lowest BCUT2D eigenvalue weighted by Gasteiger charge is -2.32. The van der Waals surface area contributed by atoms with Gasteiger partial charge in [-0.2, -0.15) is 0 Å². The molecule has 0 radical (unpaired) electrons. The van der Waals surface area contributed by atoms with Gasteiger partial charge in [0.05, 0.1) is 12.1 Å². The molecule has 6 heteroatoms. The number of carbonyl (C=O) groups is 2. The molecule has 0 saturated carbocycles. The van der Waals surface area contributed by atoms with Crippen LogP contribution in [0.3, 0.4) is 0 Å². The molecule has 1 aliphatic heterocycles. The van der Waals surface area contributed by atoms with E-state index in [2.05, 4.69) is 5.32 Å². The summed E-state index contributed by atoms with van der Waals surface area (Å²) in [5.74, 6) is -0.224. The van der Waals surface area contributed by atoms with Crippen molar-refractivity contribution in [2.45, 2.75) is 64.8 Å². The molecule has 1 aromatic rings. The van der Waals surface area contributed by atoms with E-state index < -0.39 is 18.2 Å². The number of rotatable bonds is 7. The second-order valence-corrected chi connectivity index (χ2v) is 7.14. The van der Waals surface area contributed by atoms with Crippen molar-refractivity contribution in [3.63, 3.8) is 0 Å². The summed E-state index contributed by atoms with van der Waals surface area (Å²) in [7, 11) is 0. The quantitative estimate of drug-likeness (QED) is 0.782. The summed E-state index contributed by atoms with van der Waals surface area (Å²) >= 11 is 0. The Labute approximate surface area is 155 Å². The average molecular weight is 362 g/mol. The number of likely N-dealkylation sites (tertiary alicyclic amines) is 1. The molecular formula is C20H30N2O4. The van der Waals surface area contributed by atoms with E-state index >= 15 is 0 Å². The normalized spacial score (nSPS) is 19.3. The molecule has 144 valence electrons. The van der Waals surface area contributed by atoms with Gasteiger partial charge in [-0.05, 0) is 30.7 Å². The molecule has 3 atom stereocenters. The second kappa shape index (κ2) is 9.57. The minimum Gasteiger partial charge on any atom is -0.445 e. The van der Waals surface area contributed by atoms with E-state index in [1.807, 2.05) is 51.1 Å². The van der Waals surface area contributed by atoms with Crippen molar-refractivity contribution in [1.82, 2.24) is 10.2 Å². The van der Waals surface area contributed by atoms with Crippen molar-refractivity contribution < 1.29 is 19.4 Å². The summed E-state index contributed by atoms with van der Waals surface area (Å²) in [6.07, 6.45) is 1.14. The molecule has 0 spiro atoms. The third-order valence-corrected chi connectivity index (χ3v) is 4.86. The van der Waals surface area contributed by atoms with Gasteiger partial charge in [-0.1, -0.05) is 51.1 Å². The Morgan fingerprint density at radius 2 is 2.00 bits per heavy atom. The van der Waals surface area contributed by atoms with Gasteiger partial charge in [-0.3, -0.25) is 4.79 Å². The smallest absolute Gasteiger partial charge is 0.408 e. The highest BCUT2D eigenvalue weighted by Gasteiger charge is 2.38. The number of alkyl carbamates (subject to hydrolysis) is 1. The Bertz CT molecular complexity index is 591. The van der Waals surface area contributed by atoms with Crippen LogP contribution in [0, 0.1) is 5.92 Å². The third-order valence-electron chi connectivity index (χ3n) is 4.86.